The Morgan fingerprint density at radius 2 is 1.85 bits per heavy atom. The summed E-state index contributed by atoms with van der Waals surface area (Å²) in [6.07, 6.45) is 13.9. The van der Waals surface area contributed by atoms with Crippen LogP contribution in [-0.2, 0) is 0 Å². The molecule has 0 atom stereocenters. The van der Waals surface area contributed by atoms with Crippen molar-refractivity contribution in [2.24, 2.45) is 0 Å². The lowest BCUT2D eigenvalue weighted by molar-refractivity contribution is 0.112. The van der Waals surface area contributed by atoms with Crippen LogP contribution < -0.4 is 4.74 Å². The third kappa shape index (κ3) is 7.78. The van der Waals surface area contributed by atoms with Crippen molar-refractivity contribution < 1.29 is 9.53 Å². The van der Waals surface area contributed by atoms with Gasteiger partial charge in [0.05, 0.1) is 6.61 Å². The summed E-state index contributed by atoms with van der Waals surface area (Å²) in [4.78, 5) is 10.6. The first-order chi connectivity index (χ1) is 9.86. The molecule has 0 aliphatic carbocycles. The molecule has 0 fully saturated rings. The Kier molecular flexibility index (Phi) is 9.29. The SMILES string of the molecule is CCCCCC/C=C\CCCOc1cccc(C=O)c1. The molecule has 0 aliphatic heterocycles. The molecule has 0 amide bonds. The van der Waals surface area contributed by atoms with E-state index in [-0.39, 0.29) is 0 Å². The molecule has 0 bridgehead atoms. The normalized spacial score (nSPS) is 10.8. The summed E-state index contributed by atoms with van der Waals surface area (Å²) in [5, 5.41) is 0. The highest BCUT2D eigenvalue weighted by molar-refractivity contribution is 5.75. The maximum absolute atomic E-state index is 10.6. The lowest BCUT2D eigenvalue weighted by Gasteiger charge is -2.05. The van der Waals surface area contributed by atoms with E-state index in [4.69, 9.17) is 4.74 Å². The molecule has 0 heterocycles. The number of aldehydes is 1. The molecule has 0 saturated carbocycles. The van der Waals surface area contributed by atoms with Crippen molar-refractivity contribution in [3.63, 3.8) is 0 Å². The van der Waals surface area contributed by atoms with Crippen LogP contribution in [0.25, 0.3) is 0 Å². The van der Waals surface area contributed by atoms with E-state index in [1.807, 2.05) is 12.1 Å². The highest BCUT2D eigenvalue weighted by Crippen LogP contribution is 2.12. The molecule has 110 valence electrons. The van der Waals surface area contributed by atoms with E-state index in [0.717, 1.165) is 24.9 Å². The van der Waals surface area contributed by atoms with Gasteiger partial charge < -0.3 is 4.74 Å². The predicted molar refractivity (Wildman–Crippen MR) is 84.5 cm³/mol. The van der Waals surface area contributed by atoms with Gasteiger partial charge in [-0.2, -0.15) is 0 Å². The Hall–Kier alpha value is -1.57. The van der Waals surface area contributed by atoms with Gasteiger partial charge in [0.15, 0.2) is 0 Å². The van der Waals surface area contributed by atoms with Crippen LogP contribution in [0.3, 0.4) is 0 Å². The maximum Gasteiger partial charge on any atom is 0.150 e. The zero-order chi connectivity index (χ0) is 14.5. The van der Waals surface area contributed by atoms with Gasteiger partial charge in [-0.15, -0.1) is 0 Å². The molecule has 0 aliphatic rings. The molecule has 0 aromatic heterocycles. The van der Waals surface area contributed by atoms with Crippen molar-refractivity contribution >= 4 is 6.29 Å². The van der Waals surface area contributed by atoms with Crippen LogP contribution in [0.2, 0.25) is 0 Å². The molecule has 0 unspecified atom stereocenters. The molecule has 1 aromatic carbocycles. The fraction of sp³-hybridized carbons (Fsp3) is 0.500. The van der Waals surface area contributed by atoms with Crippen LogP contribution >= 0.6 is 0 Å². The molecule has 0 spiro atoms. The van der Waals surface area contributed by atoms with Crippen molar-refractivity contribution in [2.45, 2.75) is 51.9 Å². The number of hydrogen-bond donors (Lipinski definition) is 0. The van der Waals surface area contributed by atoms with Crippen LogP contribution in [-0.4, -0.2) is 12.9 Å². The van der Waals surface area contributed by atoms with Crippen molar-refractivity contribution in [3.05, 3.63) is 42.0 Å². The molecule has 2 nitrogen and oxygen atoms in total. The summed E-state index contributed by atoms with van der Waals surface area (Å²) in [6, 6.07) is 7.28. The Morgan fingerprint density at radius 3 is 2.60 bits per heavy atom. The summed E-state index contributed by atoms with van der Waals surface area (Å²) in [7, 11) is 0. The van der Waals surface area contributed by atoms with Gasteiger partial charge in [0.25, 0.3) is 0 Å². The predicted octanol–water partition coefficient (Wildman–Crippen LogP) is 5.18. The lowest BCUT2D eigenvalue weighted by Crippen LogP contribution is -1.96. The van der Waals surface area contributed by atoms with Gasteiger partial charge in [-0.1, -0.05) is 50.5 Å². The number of unbranched alkanes of at least 4 members (excludes halogenated alkanes) is 5. The van der Waals surface area contributed by atoms with Crippen molar-refractivity contribution in [2.75, 3.05) is 6.61 Å². The summed E-state index contributed by atoms with van der Waals surface area (Å²) < 4.78 is 5.62. The van der Waals surface area contributed by atoms with E-state index in [0.29, 0.717) is 12.2 Å². The Morgan fingerprint density at radius 1 is 1.05 bits per heavy atom. The molecule has 1 rings (SSSR count). The number of hydrogen-bond acceptors (Lipinski definition) is 2. The number of ether oxygens (including phenoxy) is 1. The number of rotatable bonds is 11. The summed E-state index contributed by atoms with van der Waals surface area (Å²) in [5.74, 6) is 0.776. The van der Waals surface area contributed by atoms with Gasteiger partial charge in [0.2, 0.25) is 0 Å². The fourth-order valence-corrected chi connectivity index (χ4v) is 1.99. The Bertz CT molecular complexity index is 396. The minimum atomic E-state index is 0.662. The van der Waals surface area contributed by atoms with Crippen LogP contribution in [0.5, 0.6) is 5.75 Å². The molecule has 1 aromatic rings. The Labute approximate surface area is 122 Å². The number of carbonyl (C=O) groups is 1. The molecular formula is C18H26O2. The second kappa shape index (κ2) is 11.3. The zero-order valence-corrected chi connectivity index (χ0v) is 12.5. The van der Waals surface area contributed by atoms with Gasteiger partial charge in [0, 0.05) is 5.56 Å². The summed E-state index contributed by atoms with van der Waals surface area (Å²) in [5.41, 5.74) is 0.662. The minimum Gasteiger partial charge on any atom is -0.494 e. The van der Waals surface area contributed by atoms with Gasteiger partial charge in [-0.25, -0.2) is 0 Å². The monoisotopic (exact) mass is 274 g/mol. The van der Waals surface area contributed by atoms with Crippen LogP contribution in [0.1, 0.15) is 62.2 Å². The average molecular weight is 274 g/mol. The third-order valence-electron chi connectivity index (χ3n) is 3.17. The molecular weight excluding hydrogens is 248 g/mol. The maximum atomic E-state index is 10.6. The number of allylic oxidation sites excluding steroid dienone is 2. The molecule has 0 radical (unpaired) electrons. The highest BCUT2D eigenvalue weighted by atomic mass is 16.5. The number of benzene rings is 1. The van der Waals surface area contributed by atoms with E-state index in [1.54, 1.807) is 12.1 Å². The molecule has 2 heteroatoms. The van der Waals surface area contributed by atoms with Crippen molar-refractivity contribution in [1.82, 2.24) is 0 Å². The fourth-order valence-electron chi connectivity index (χ4n) is 1.99. The van der Waals surface area contributed by atoms with E-state index >= 15 is 0 Å². The van der Waals surface area contributed by atoms with E-state index in [9.17, 15) is 4.79 Å². The standard InChI is InChI=1S/C18H26O2/c1-2-3-4-5-6-7-8-9-10-14-20-18-13-11-12-17(15-18)16-19/h7-8,11-13,15-16H,2-6,9-10,14H2,1H3/b8-7-. The minimum absolute atomic E-state index is 0.662. The number of carbonyl (C=O) groups excluding carboxylic acids is 1. The van der Waals surface area contributed by atoms with Gasteiger partial charge in [0.1, 0.15) is 12.0 Å². The second-order valence-corrected chi connectivity index (χ2v) is 5.00. The summed E-state index contributed by atoms with van der Waals surface area (Å²) in [6.45, 7) is 2.93. The smallest absolute Gasteiger partial charge is 0.150 e. The van der Waals surface area contributed by atoms with Gasteiger partial charge in [-0.3, -0.25) is 4.79 Å². The van der Waals surface area contributed by atoms with E-state index < -0.39 is 0 Å². The largest absolute Gasteiger partial charge is 0.494 e. The van der Waals surface area contributed by atoms with Crippen LogP contribution in [0.4, 0.5) is 0 Å². The zero-order valence-electron chi connectivity index (χ0n) is 12.5. The second-order valence-electron chi connectivity index (χ2n) is 5.00. The molecule has 20 heavy (non-hydrogen) atoms. The topological polar surface area (TPSA) is 26.3 Å². The summed E-state index contributed by atoms with van der Waals surface area (Å²) >= 11 is 0. The van der Waals surface area contributed by atoms with Gasteiger partial charge in [-0.05, 0) is 37.8 Å². The van der Waals surface area contributed by atoms with Gasteiger partial charge >= 0.3 is 0 Å². The lowest BCUT2D eigenvalue weighted by atomic mass is 10.1. The van der Waals surface area contributed by atoms with E-state index in [1.165, 1.54) is 32.1 Å². The quantitative estimate of drug-likeness (QED) is 0.315. The van der Waals surface area contributed by atoms with Crippen molar-refractivity contribution in [1.29, 1.82) is 0 Å². The van der Waals surface area contributed by atoms with Crippen LogP contribution in [0, 0.1) is 0 Å². The first-order valence-electron chi connectivity index (χ1n) is 7.70. The average Bonchev–Trinajstić information content (AvgIpc) is 2.49. The first-order valence-corrected chi connectivity index (χ1v) is 7.70. The first kappa shape index (κ1) is 16.5. The van der Waals surface area contributed by atoms with E-state index in [2.05, 4.69) is 19.1 Å². The third-order valence-corrected chi connectivity index (χ3v) is 3.17. The molecule has 0 saturated heterocycles. The highest BCUT2D eigenvalue weighted by Gasteiger charge is 1.95. The van der Waals surface area contributed by atoms with Crippen LogP contribution in [0.15, 0.2) is 36.4 Å². The van der Waals surface area contributed by atoms with Crippen molar-refractivity contribution in [3.8, 4) is 5.75 Å². The molecule has 0 N–H and O–H groups in total. The Balaban J connectivity index is 2.04.